The van der Waals surface area contributed by atoms with Crippen LogP contribution in [0.25, 0.3) is 11.3 Å². The van der Waals surface area contributed by atoms with E-state index >= 15 is 0 Å². The summed E-state index contributed by atoms with van der Waals surface area (Å²) in [7, 11) is 1.52. The summed E-state index contributed by atoms with van der Waals surface area (Å²) in [6, 6.07) is 8.46. The average Bonchev–Trinajstić information content (AvgIpc) is 2.70. The Labute approximate surface area is 81.3 Å². The lowest BCUT2D eigenvalue weighted by atomic mass is 10.1. The van der Waals surface area contributed by atoms with E-state index in [-0.39, 0.29) is 5.82 Å². The van der Waals surface area contributed by atoms with Crippen LogP contribution in [-0.2, 0) is 0 Å². The third-order valence-electron chi connectivity index (χ3n) is 2.06. The lowest BCUT2D eigenvalue weighted by molar-refractivity contribution is 0.411. The highest BCUT2D eigenvalue weighted by atomic mass is 19.1. The van der Waals surface area contributed by atoms with E-state index in [1.807, 2.05) is 12.1 Å². The van der Waals surface area contributed by atoms with E-state index in [1.54, 1.807) is 18.3 Å². The fraction of sp³-hybridized carbons (Fsp3) is 0.0909. The highest BCUT2D eigenvalue weighted by Crippen LogP contribution is 2.24. The molecule has 0 aliphatic carbocycles. The number of nitrogens with one attached hydrogen (secondary N) is 1. The molecule has 0 amide bonds. The Hall–Kier alpha value is -1.77. The summed E-state index contributed by atoms with van der Waals surface area (Å²) in [6.45, 7) is 0. The standard InChI is InChI=1S/C11H10FNO/c1-14-8-4-5-9(10(12)7-8)11-3-2-6-13-11/h2-7,13H,1H3. The number of methoxy groups -OCH3 is 1. The first kappa shape index (κ1) is 8.81. The molecule has 0 saturated carbocycles. The minimum absolute atomic E-state index is 0.285. The van der Waals surface area contributed by atoms with Crippen LogP contribution in [0, 0.1) is 5.82 Å². The van der Waals surface area contributed by atoms with Gasteiger partial charge in [0.05, 0.1) is 7.11 Å². The quantitative estimate of drug-likeness (QED) is 0.775. The van der Waals surface area contributed by atoms with Gasteiger partial charge in [0.15, 0.2) is 0 Å². The molecule has 1 N–H and O–H groups in total. The Kier molecular flexibility index (Phi) is 2.23. The number of aromatic nitrogens is 1. The predicted octanol–water partition coefficient (Wildman–Crippen LogP) is 2.83. The van der Waals surface area contributed by atoms with Crippen molar-refractivity contribution < 1.29 is 9.13 Å². The summed E-state index contributed by atoms with van der Waals surface area (Å²) in [5.74, 6) is 0.240. The van der Waals surface area contributed by atoms with Crippen LogP contribution >= 0.6 is 0 Å². The van der Waals surface area contributed by atoms with Gasteiger partial charge in [-0.2, -0.15) is 0 Å². The number of hydrogen-bond acceptors (Lipinski definition) is 1. The molecule has 0 aliphatic rings. The zero-order valence-corrected chi connectivity index (χ0v) is 7.75. The van der Waals surface area contributed by atoms with Gasteiger partial charge in [-0.05, 0) is 24.3 Å². The second kappa shape index (κ2) is 3.54. The topological polar surface area (TPSA) is 25.0 Å². The van der Waals surface area contributed by atoms with Crippen molar-refractivity contribution in [1.82, 2.24) is 4.98 Å². The summed E-state index contributed by atoms with van der Waals surface area (Å²) in [5, 5.41) is 0. The van der Waals surface area contributed by atoms with Crippen molar-refractivity contribution in [1.29, 1.82) is 0 Å². The summed E-state index contributed by atoms with van der Waals surface area (Å²) >= 11 is 0. The smallest absolute Gasteiger partial charge is 0.136 e. The molecule has 72 valence electrons. The lowest BCUT2D eigenvalue weighted by Crippen LogP contribution is -1.87. The van der Waals surface area contributed by atoms with E-state index < -0.39 is 0 Å². The van der Waals surface area contributed by atoms with Crippen molar-refractivity contribution in [3.8, 4) is 17.0 Å². The van der Waals surface area contributed by atoms with Crippen molar-refractivity contribution in [3.63, 3.8) is 0 Å². The Bertz CT molecular complexity index is 423. The first-order valence-electron chi connectivity index (χ1n) is 4.28. The third-order valence-corrected chi connectivity index (χ3v) is 2.06. The first-order chi connectivity index (χ1) is 6.81. The molecule has 1 heterocycles. The summed E-state index contributed by atoms with van der Waals surface area (Å²) in [5.41, 5.74) is 1.32. The van der Waals surface area contributed by atoms with Crippen molar-refractivity contribution in [3.05, 3.63) is 42.3 Å². The van der Waals surface area contributed by atoms with Gasteiger partial charge < -0.3 is 9.72 Å². The molecule has 0 unspecified atom stereocenters. The highest BCUT2D eigenvalue weighted by Gasteiger charge is 2.06. The van der Waals surface area contributed by atoms with Gasteiger partial charge in [0.1, 0.15) is 11.6 Å². The molecular formula is C11H10FNO. The largest absolute Gasteiger partial charge is 0.497 e. The summed E-state index contributed by atoms with van der Waals surface area (Å²) in [4.78, 5) is 2.95. The molecule has 0 saturated heterocycles. The normalized spacial score (nSPS) is 10.1. The molecule has 1 aromatic heterocycles. The van der Waals surface area contributed by atoms with Crippen LogP contribution in [0.3, 0.4) is 0 Å². The number of H-pyrrole nitrogens is 1. The molecule has 2 rings (SSSR count). The summed E-state index contributed by atoms with van der Waals surface area (Å²) < 4.78 is 18.4. The number of benzene rings is 1. The van der Waals surface area contributed by atoms with Crippen LogP contribution in [0.4, 0.5) is 4.39 Å². The van der Waals surface area contributed by atoms with Gasteiger partial charge in [-0.25, -0.2) is 4.39 Å². The monoisotopic (exact) mass is 191 g/mol. The Morgan fingerprint density at radius 1 is 1.29 bits per heavy atom. The maximum Gasteiger partial charge on any atom is 0.136 e. The Morgan fingerprint density at radius 3 is 2.71 bits per heavy atom. The fourth-order valence-corrected chi connectivity index (χ4v) is 1.34. The van der Waals surface area contributed by atoms with Crippen molar-refractivity contribution in [2.45, 2.75) is 0 Å². The van der Waals surface area contributed by atoms with Crippen LogP contribution in [-0.4, -0.2) is 12.1 Å². The third kappa shape index (κ3) is 1.48. The van der Waals surface area contributed by atoms with Gasteiger partial charge in [0.25, 0.3) is 0 Å². The second-order valence-electron chi connectivity index (χ2n) is 2.93. The zero-order valence-electron chi connectivity index (χ0n) is 7.75. The average molecular weight is 191 g/mol. The Morgan fingerprint density at radius 2 is 2.14 bits per heavy atom. The number of halogens is 1. The van der Waals surface area contributed by atoms with E-state index in [0.29, 0.717) is 11.3 Å². The van der Waals surface area contributed by atoms with E-state index in [4.69, 9.17) is 4.74 Å². The number of aromatic amines is 1. The molecule has 0 aliphatic heterocycles. The molecule has 0 radical (unpaired) electrons. The number of ether oxygens (including phenoxy) is 1. The first-order valence-corrected chi connectivity index (χ1v) is 4.28. The minimum atomic E-state index is -0.285. The summed E-state index contributed by atoms with van der Waals surface area (Å²) in [6.07, 6.45) is 1.76. The molecule has 0 bridgehead atoms. The van der Waals surface area contributed by atoms with Crippen LogP contribution in [0.5, 0.6) is 5.75 Å². The SMILES string of the molecule is COc1ccc(-c2ccc[nH]2)c(F)c1. The van der Waals surface area contributed by atoms with Crippen LogP contribution < -0.4 is 4.74 Å². The van der Waals surface area contributed by atoms with E-state index in [1.165, 1.54) is 13.2 Å². The maximum atomic E-state index is 13.5. The van der Waals surface area contributed by atoms with Gasteiger partial charge in [-0.1, -0.05) is 0 Å². The molecule has 0 atom stereocenters. The molecule has 14 heavy (non-hydrogen) atoms. The number of rotatable bonds is 2. The van der Waals surface area contributed by atoms with Crippen molar-refractivity contribution in [2.75, 3.05) is 7.11 Å². The molecule has 0 spiro atoms. The lowest BCUT2D eigenvalue weighted by Gasteiger charge is -2.03. The van der Waals surface area contributed by atoms with Gasteiger partial charge >= 0.3 is 0 Å². The van der Waals surface area contributed by atoms with Gasteiger partial charge in [-0.15, -0.1) is 0 Å². The van der Waals surface area contributed by atoms with Crippen LogP contribution in [0.2, 0.25) is 0 Å². The minimum Gasteiger partial charge on any atom is -0.497 e. The molecular weight excluding hydrogens is 181 g/mol. The molecule has 3 heteroatoms. The van der Waals surface area contributed by atoms with Gasteiger partial charge in [0, 0.05) is 23.5 Å². The molecule has 2 aromatic rings. The van der Waals surface area contributed by atoms with Crippen LogP contribution in [0.15, 0.2) is 36.5 Å². The predicted molar refractivity (Wildman–Crippen MR) is 52.7 cm³/mol. The van der Waals surface area contributed by atoms with Crippen LogP contribution in [0.1, 0.15) is 0 Å². The van der Waals surface area contributed by atoms with E-state index in [0.717, 1.165) is 5.69 Å². The van der Waals surface area contributed by atoms with Gasteiger partial charge in [0.2, 0.25) is 0 Å². The maximum absolute atomic E-state index is 13.5. The van der Waals surface area contributed by atoms with Gasteiger partial charge in [-0.3, -0.25) is 0 Å². The van der Waals surface area contributed by atoms with Crippen molar-refractivity contribution >= 4 is 0 Å². The molecule has 0 fully saturated rings. The van der Waals surface area contributed by atoms with E-state index in [9.17, 15) is 4.39 Å². The Balaban J connectivity index is 2.46. The highest BCUT2D eigenvalue weighted by molar-refractivity contribution is 5.61. The molecule has 2 nitrogen and oxygen atoms in total. The zero-order chi connectivity index (χ0) is 9.97. The fourth-order valence-electron chi connectivity index (χ4n) is 1.34. The second-order valence-corrected chi connectivity index (χ2v) is 2.93. The van der Waals surface area contributed by atoms with Crippen molar-refractivity contribution in [2.24, 2.45) is 0 Å². The molecule has 1 aromatic carbocycles. The van der Waals surface area contributed by atoms with E-state index in [2.05, 4.69) is 4.98 Å². The number of hydrogen-bond donors (Lipinski definition) is 1.